The molecule has 0 saturated heterocycles. The van der Waals surface area contributed by atoms with Crippen LogP contribution in [-0.2, 0) is 4.79 Å². The maximum atomic E-state index is 12.0. The molecule has 0 atom stereocenters. The summed E-state index contributed by atoms with van der Waals surface area (Å²) in [6.07, 6.45) is 0. The number of hydrogen-bond acceptors (Lipinski definition) is 2. The predicted octanol–water partition coefficient (Wildman–Crippen LogP) is 3.10. The molecule has 0 bridgehead atoms. The van der Waals surface area contributed by atoms with Crippen LogP contribution in [0.25, 0.3) is 0 Å². The Kier molecular flexibility index (Phi) is 7.56. The van der Waals surface area contributed by atoms with Crippen LogP contribution in [-0.4, -0.2) is 50.2 Å². The molecule has 0 aliphatic heterocycles. The fourth-order valence-corrected chi connectivity index (χ4v) is 2.44. The van der Waals surface area contributed by atoms with E-state index in [9.17, 15) is 4.79 Å². The number of carbonyl (C=O) groups excluding carboxylic acids is 1. The van der Waals surface area contributed by atoms with Crippen molar-refractivity contribution >= 4 is 5.91 Å². The first kappa shape index (κ1) is 19.5. The van der Waals surface area contributed by atoms with E-state index < -0.39 is 0 Å². The van der Waals surface area contributed by atoms with E-state index in [1.807, 2.05) is 13.0 Å². The normalized spacial score (nSPS) is 11.6. The van der Waals surface area contributed by atoms with Gasteiger partial charge in [0.15, 0.2) is 6.61 Å². The van der Waals surface area contributed by atoms with Crippen LogP contribution in [0, 0.1) is 6.92 Å². The van der Waals surface area contributed by atoms with Gasteiger partial charge in [-0.25, -0.2) is 0 Å². The predicted molar refractivity (Wildman–Crippen MR) is 95.9 cm³/mol. The van der Waals surface area contributed by atoms with Gasteiger partial charge in [0, 0.05) is 0 Å². The lowest BCUT2D eigenvalue weighted by atomic mass is 10.0. The minimum absolute atomic E-state index is 0.0556. The molecule has 0 radical (unpaired) electrons. The fraction of sp³-hybridized carbons (Fsp3) is 0.632. The molecule has 0 aliphatic rings. The summed E-state index contributed by atoms with van der Waals surface area (Å²) in [6.45, 7) is 14.5. The average molecular weight is 321 g/mol. The summed E-state index contributed by atoms with van der Waals surface area (Å²) in [5.74, 6) is 1.14. The van der Waals surface area contributed by atoms with Crippen molar-refractivity contribution in [3.05, 3.63) is 29.3 Å². The van der Waals surface area contributed by atoms with E-state index in [1.165, 1.54) is 0 Å². The molecule has 1 rings (SSSR count). The van der Waals surface area contributed by atoms with Gasteiger partial charge in [-0.3, -0.25) is 4.79 Å². The third kappa shape index (κ3) is 6.22. The molecule has 1 N–H and O–H groups in total. The van der Waals surface area contributed by atoms with Crippen LogP contribution < -0.4 is 10.1 Å². The number of hydrogen-bond donors (Lipinski definition) is 1. The van der Waals surface area contributed by atoms with Crippen molar-refractivity contribution in [1.82, 2.24) is 5.32 Å². The zero-order chi connectivity index (χ0) is 17.5. The van der Waals surface area contributed by atoms with E-state index in [-0.39, 0.29) is 12.5 Å². The van der Waals surface area contributed by atoms with Gasteiger partial charge in [0.2, 0.25) is 0 Å². The molecule has 0 saturated carbocycles. The second-order valence-electron chi connectivity index (χ2n) is 6.81. The smallest absolute Gasteiger partial charge is 0.258 e. The van der Waals surface area contributed by atoms with Gasteiger partial charge in [0.05, 0.1) is 33.2 Å². The van der Waals surface area contributed by atoms with Gasteiger partial charge >= 0.3 is 0 Å². The molecule has 1 aromatic carbocycles. The van der Waals surface area contributed by atoms with Gasteiger partial charge in [0.1, 0.15) is 5.75 Å². The van der Waals surface area contributed by atoms with Crippen molar-refractivity contribution in [3.63, 3.8) is 0 Å². The van der Waals surface area contributed by atoms with Crippen molar-refractivity contribution in [2.75, 3.05) is 39.8 Å². The maximum Gasteiger partial charge on any atom is 0.258 e. The minimum Gasteiger partial charge on any atom is -0.483 e. The molecule has 130 valence electrons. The Morgan fingerprint density at radius 2 is 1.91 bits per heavy atom. The first-order valence-corrected chi connectivity index (χ1v) is 8.65. The van der Waals surface area contributed by atoms with Crippen LogP contribution >= 0.6 is 0 Å². The summed E-state index contributed by atoms with van der Waals surface area (Å²) in [6, 6.07) is 6.17. The SMILES string of the molecule is CC[N+](C)(CC)CCNC(=O)COc1cc(C)ccc1C(C)C. The zero-order valence-electron chi connectivity index (χ0n) is 15.6. The number of nitrogens with one attached hydrogen (secondary N) is 1. The number of quaternary nitrogens is 1. The maximum absolute atomic E-state index is 12.0. The van der Waals surface area contributed by atoms with Gasteiger partial charge in [-0.2, -0.15) is 0 Å². The van der Waals surface area contributed by atoms with E-state index >= 15 is 0 Å². The fourth-order valence-electron chi connectivity index (χ4n) is 2.44. The highest BCUT2D eigenvalue weighted by atomic mass is 16.5. The summed E-state index contributed by atoms with van der Waals surface area (Å²) in [4.78, 5) is 12.0. The number of benzene rings is 1. The van der Waals surface area contributed by atoms with Crippen LogP contribution in [0.5, 0.6) is 5.75 Å². The van der Waals surface area contributed by atoms with E-state index in [2.05, 4.69) is 52.2 Å². The first-order chi connectivity index (χ1) is 10.8. The highest BCUT2D eigenvalue weighted by molar-refractivity contribution is 5.77. The quantitative estimate of drug-likeness (QED) is 0.710. The number of amides is 1. The lowest BCUT2D eigenvalue weighted by Crippen LogP contribution is -2.48. The Balaban J connectivity index is 2.49. The van der Waals surface area contributed by atoms with Gasteiger partial charge in [-0.15, -0.1) is 0 Å². The summed E-state index contributed by atoms with van der Waals surface area (Å²) < 4.78 is 6.73. The van der Waals surface area contributed by atoms with Crippen LogP contribution in [0.2, 0.25) is 0 Å². The summed E-state index contributed by atoms with van der Waals surface area (Å²) in [5.41, 5.74) is 2.29. The van der Waals surface area contributed by atoms with Crippen molar-refractivity contribution in [2.24, 2.45) is 0 Å². The molecular formula is C19H33N2O2+. The number of nitrogens with zero attached hydrogens (tertiary/aromatic N) is 1. The second-order valence-corrected chi connectivity index (χ2v) is 6.81. The van der Waals surface area contributed by atoms with E-state index in [4.69, 9.17) is 4.74 Å². The molecule has 0 heterocycles. The molecule has 1 aromatic rings. The lowest BCUT2D eigenvalue weighted by Gasteiger charge is -2.32. The molecule has 0 spiro atoms. The molecule has 23 heavy (non-hydrogen) atoms. The molecule has 0 unspecified atom stereocenters. The first-order valence-electron chi connectivity index (χ1n) is 8.65. The van der Waals surface area contributed by atoms with Gasteiger partial charge < -0.3 is 14.5 Å². The molecule has 4 heteroatoms. The molecule has 1 amide bonds. The van der Waals surface area contributed by atoms with Crippen molar-refractivity contribution in [2.45, 2.75) is 40.5 Å². The molecule has 0 fully saturated rings. The topological polar surface area (TPSA) is 38.3 Å². The van der Waals surface area contributed by atoms with Crippen LogP contribution in [0.3, 0.4) is 0 Å². The molecule has 4 nitrogen and oxygen atoms in total. The molecule has 0 aliphatic carbocycles. The van der Waals surface area contributed by atoms with E-state index in [0.29, 0.717) is 12.5 Å². The standard InChI is InChI=1S/C19H32N2O2/c1-7-21(6,8-2)12-11-20-19(22)14-23-18-13-16(5)9-10-17(18)15(3)4/h9-10,13,15H,7-8,11-12,14H2,1-6H3/p+1. The van der Waals surface area contributed by atoms with Crippen molar-refractivity contribution in [3.8, 4) is 5.75 Å². The number of aryl methyl sites for hydroxylation is 1. The van der Waals surface area contributed by atoms with Crippen LogP contribution in [0.15, 0.2) is 18.2 Å². The monoisotopic (exact) mass is 321 g/mol. The third-order valence-corrected chi connectivity index (χ3v) is 4.65. The van der Waals surface area contributed by atoms with Gasteiger partial charge in [-0.05, 0) is 43.9 Å². The summed E-state index contributed by atoms with van der Waals surface area (Å²) in [5, 5.41) is 2.96. The van der Waals surface area contributed by atoms with E-state index in [1.54, 1.807) is 0 Å². The van der Waals surface area contributed by atoms with Gasteiger partial charge in [-0.1, -0.05) is 26.0 Å². The highest BCUT2D eigenvalue weighted by Gasteiger charge is 2.16. The third-order valence-electron chi connectivity index (χ3n) is 4.65. The Bertz CT molecular complexity index is 508. The number of carbonyl (C=O) groups is 1. The van der Waals surface area contributed by atoms with Crippen LogP contribution in [0.1, 0.15) is 44.7 Å². The average Bonchev–Trinajstić information content (AvgIpc) is 2.52. The Morgan fingerprint density at radius 1 is 1.26 bits per heavy atom. The Morgan fingerprint density at radius 3 is 2.48 bits per heavy atom. The highest BCUT2D eigenvalue weighted by Crippen LogP contribution is 2.27. The van der Waals surface area contributed by atoms with Gasteiger partial charge in [0.25, 0.3) is 5.91 Å². The number of likely N-dealkylation sites (N-methyl/N-ethyl adjacent to an activating group) is 1. The Hall–Kier alpha value is -1.55. The molecule has 0 aromatic heterocycles. The Labute approximate surface area is 141 Å². The second kappa shape index (κ2) is 8.92. The van der Waals surface area contributed by atoms with Crippen molar-refractivity contribution < 1.29 is 14.0 Å². The number of ether oxygens (including phenoxy) is 1. The van der Waals surface area contributed by atoms with Crippen molar-refractivity contribution in [1.29, 1.82) is 0 Å². The molecular weight excluding hydrogens is 288 g/mol. The summed E-state index contributed by atoms with van der Waals surface area (Å²) in [7, 11) is 2.21. The zero-order valence-corrected chi connectivity index (χ0v) is 15.6. The summed E-state index contributed by atoms with van der Waals surface area (Å²) >= 11 is 0. The van der Waals surface area contributed by atoms with Crippen LogP contribution in [0.4, 0.5) is 0 Å². The number of rotatable bonds is 9. The minimum atomic E-state index is -0.0556. The van der Waals surface area contributed by atoms with E-state index in [0.717, 1.165) is 41.0 Å². The largest absolute Gasteiger partial charge is 0.483 e. The lowest BCUT2D eigenvalue weighted by molar-refractivity contribution is -0.904.